The summed E-state index contributed by atoms with van der Waals surface area (Å²) in [5.74, 6) is 0. The molecular formula is C15H14Br2N2O2. The van der Waals surface area contributed by atoms with E-state index < -0.39 is 0 Å². The summed E-state index contributed by atoms with van der Waals surface area (Å²) in [7, 11) is 0. The van der Waals surface area contributed by atoms with Gasteiger partial charge in [-0.2, -0.15) is 0 Å². The quantitative estimate of drug-likeness (QED) is 0.695. The van der Waals surface area contributed by atoms with E-state index in [1.54, 1.807) is 6.07 Å². The number of aliphatic hydroxyl groups is 1. The maximum Gasteiger partial charge on any atom is 0.323 e. The zero-order chi connectivity index (χ0) is 15.2. The van der Waals surface area contributed by atoms with Crippen LogP contribution >= 0.6 is 31.9 Å². The van der Waals surface area contributed by atoms with E-state index in [1.165, 1.54) is 0 Å². The highest BCUT2D eigenvalue weighted by molar-refractivity contribution is 9.11. The fourth-order valence-electron chi connectivity index (χ4n) is 1.89. The van der Waals surface area contributed by atoms with Gasteiger partial charge < -0.3 is 15.7 Å². The molecule has 6 heteroatoms. The van der Waals surface area contributed by atoms with Gasteiger partial charge in [0, 0.05) is 26.9 Å². The summed E-state index contributed by atoms with van der Waals surface area (Å²) in [6, 6.07) is 12.6. The minimum absolute atomic E-state index is 0.0406. The lowest BCUT2D eigenvalue weighted by atomic mass is 10.1. The van der Waals surface area contributed by atoms with E-state index in [0.717, 1.165) is 14.5 Å². The van der Waals surface area contributed by atoms with Crippen LogP contribution in [0, 0.1) is 0 Å². The predicted molar refractivity (Wildman–Crippen MR) is 91.7 cm³/mol. The summed E-state index contributed by atoms with van der Waals surface area (Å²) in [5, 5.41) is 14.6. The van der Waals surface area contributed by atoms with Gasteiger partial charge in [0.1, 0.15) is 0 Å². The molecule has 0 aliphatic carbocycles. The van der Waals surface area contributed by atoms with Crippen molar-refractivity contribution in [2.24, 2.45) is 0 Å². The topological polar surface area (TPSA) is 61.4 Å². The van der Waals surface area contributed by atoms with Crippen LogP contribution in [0.4, 0.5) is 16.2 Å². The molecule has 0 fully saturated rings. The van der Waals surface area contributed by atoms with Crippen LogP contribution in [-0.4, -0.2) is 17.7 Å². The highest BCUT2D eigenvalue weighted by Gasteiger charge is 2.07. The number of anilines is 2. The minimum atomic E-state index is -0.328. The first kappa shape index (κ1) is 16.0. The van der Waals surface area contributed by atoms with E-state index in [0.29, 0.717) is 17.8 Å². The van der Waals surface area contributed by atoms with Gasteiger partial charge in [0.25, 0.3) is 0 Å². The van der Waals surface area contributed by atoms with Crippen LogP contribution in [0.3, 0.4) is 0 Å². The molecule has 0 aromatic heterocycles. The Morgan fingerprint density at radius 2 is 1.71 bits per heavy atom. The van der Waals surface area contributed by atoms with E-state index in [-0.39, 0.29) is 12.6 Å². The van der Waals surface area contributed by atoms with E-state index in [1.807, 2.05) is 36.4 Å². The number of halogens is 2. The van der Waals surface area contributed by atoms with Crippen molar-refractivity contribution in [3.63, 3.8) is 0 Å². The molecule has 110 valence electrons. The van der Waals surface area contributed by atoms with E-state index in [4.69, 9.17) is 5.11 Å². The Labute approximate surface area is 139 Å². The van der Waals surface area contributed by atoms with Crippen LogP contribution in [0.2, 0.25) is 0 Å². The monoisotopic (exact) mass is 412 g/mol. The average Bonchev–Trinajstić information content (AvgIpc) is 2.40. The number of hydrogen-bond acceptors (Lipinski definition) is 2. The number of rotatable bonds is 4. The molecular weight excluding hydrogens is 400 g/mol. The molecule has 0 spiro atoms. The van der Waals surface area contributed by atoms with Crippen molar-refractivity contribution in [1.82, 2.24) is 0 Å². The molecule has 2 amide bonds. The first-order chi connectivity index (χ1) is 10.1. The van der Waals surface area contributed by atoms with Gasteiger partial charge in [-0.15, -0.1) is 0 Å². The highest BCUT2D eigenvalue weighted by atomic mass is 79.9. The smallest absolute Gasteiger partial charge is 0.323 e. The first-order valence-electron chi connectivity index (χ1n) is 6.31. The second-order valence-electron chi connectivity index (χ2n) is 4.37. The zero-order valence-electron chi connectivity index (χ0n) is 11.1. The van der Waals surface area contributed by atoms with Crippen LogP contribution in [-0.2, 0) is 6.42 Å². The lowest BCUT2D eigenvalue weighted by molar-refractivity contribution is 0.262. The summed E-state index contributed by atoms with van der Waals surface area (Å²) in [6.45, 7) is 0.0406. The van der Waals surface area contributed by atoms with Crippen molar-refractivity contribution in [3.05, 3.63) is 57.0 Å². The Kier molecular flexibility index (Phi) is 5.78. The van der Waals surface area contributed by atoms with Crippen LogP contribution < -0.4 is 10.6 Å². The molecule has 0 saturated carbocycles. The molecule has 2 aromatic carbocycles. The summed E-state index contributed by atoms with van der Waals surface area (Å²) >= 11 is 6.74. The number of urea groups is 1. The molecule has 0 atom stereocenters. The number of aliphatic hydroxyl groups excluding tert-OH is 1. The van der Waals surface area contributed by atoms with Gasteiger partial charge in [-0.1, -0.05) is 50.1 Å². The van der Waals surface area contributed by atoms with Crippen LogP contribution in [0.15, 0.2) is 51.4 Å². The van der Waals surface area contributed by atoms with Gasteiger partial charge in [-0.3, -0.25) is 0 Å². The molecule has 0 unspecified atom stereocenters. The van der Waals surface area contributed by atoms with Crippen molar-refractivity contribution in [2.45, 2.75) is 6.42 Å². The van der Waals surface area contributed by atoms with Crippen molar-refractivity contribution < 1.29 is 9.90 Å². The molecule has 21 heavy (non-hydrogen) atoms. The highest BCUT2D eigenvalue weighted by Crippen LogP contribution is 2.23. The number of carbonyl (C=O) groups excluding carboxylic acids is 1. The van der Waals surface area contributed by atoms with Crippen molar-refractivity contribution in [1.29, 1.82) is 0 Å². The summed E-state index contributed by atoms with van der Waals surface area (Å²) in [5.41, 5.74) is 2.26. The number of nitrogens with one attached hydrogen (secondary N) is 2. The molecule has 3 N–H and O–H groups in total. The SMILES string of the molecule is O=C(Nc1cc(Br)cc(Br)c1)Nc1ccccc1CCO. The maximum absolute atomic E-state index is 12.0. The fourth-order valence-corrected chi connectivity index (χ4v) is 3.19. The van der Waals surface area contributed by atoms with Gasteiger partial charge in [0.05, 0.1) is 0 Å². The lowest BCUT2D eigenvalue weighted by Crippen LogP contribution is -2.20. The van der Waals surface area contributed by atoms with Crippen LogP contribution in [0.5, 0.6) is 0 Å². The lowest BCUT2D eigenvalue weighted by Gasteiger charge is -2.11. The average molecular weight is 414 g/mol. The Morgan fingerprint density at radius 1 is 1.05 bits per heavy atom. The summed E-state index contributed by atoms with van der Waals surface area (Å²) in [6.07, 6.45) is 0.499. The van der Waals surface area contributed by atoms with E-state index in [9.17, 15) is 4.79 Å². The molecule has 0 bridgehead atoms. The normalized spacial score (nSPS) is 10.2. The number of amides is 2. The third-order valence-electron chi connectivity index (χ3n) is 2.77. The molecule has 0 radical (unpaired) electrons. The summed E-state index contributed by atoms with van der Waals surface area (Å²) in [4.78, 5) is 12.0. The molecule has 2 aromatic rings. The maximum atomic E-state index is 12.0. The number of hydrogen-bond donors (Lipinski definition) is 3. The molecule has 0 aliphatic heterocycles. The van der Waals surface area contributed by atoms with Gasteiger partial charge in [0.2, 0.25) is 0 Å². The Hall–Kier alpha value is -1.37. The molecule has 4 nitrogen and oxygen atoms in total. The van der Waals surface area contributed by atoms with Crippen LogP contribution in [0.1, 0.15) is 5.56 Å². The van der Waals surface area contributed by atoms with Crippen molar-refractivity contribution in [2.75, 3.05) is 17.2 Å². The van der Waals surface area contributed by atoms with Crippen molar-refractivity contribution >= 4 is 49.3 Å². The fraction of sp³-hybridized carbons (Fsp3) is 0.133. The number of para-hydroxylation sites is 1. The zero-order valence-corrected chi connectivity index (χ0v) is 14.2. The second-order valence-corrected chi connectivity index (χ2v) is 6.20. The van der Waals surface area contributed by atoms with E-state index >= 15 is 0 Å². The van der Waals surface area contributed by atoms with Crippen LogP contribution in [0.25, 0.3) is 0 Å². The standard InChI is InChI=1S/C15H14Br2N2O2/c16-11-7-12(17)9-13(8-11)18-15(21)19-14-4-2-1-3-10(14)5-6-20/h1-4,7-9,20H,5-6H2,(H2,18,19,21). The number of benzene rings is 2. The second kappa shape index (κ2) is 7.59. The third kappa shape index (κ3) is 4.84. The first-order valence-corrected chi connectivity index (χ1v) is 7.90. The molecule has 0 heterocycles. The third-order valence-corrected chi connectivity index (χ3v) is 3.68. The minimum Gasteiger partial charge on any atom is -0.396 e. The van der Waals surface area contributed by atoms with Gasteiger partial charge >= 0.3 is 6.03 Å². The Balaban J connectivity index is 2.08. The van der Waals surface area contributed by atoms with Crippen molar-refractivity contribution in [3.8, 4) is 0 Å². The van der Waals surface area contributed by atoms with Gasteiger partial charge in [0.15, 0.2) is 0 Å². The Bertz CT molecular complexity index is 627. The van der Waals surface area contributed by atoms with Gasteiger partial charge in [-0.05, 0) is 36.2 Å². The largest absolute Gasteiger partial charge is 0.396 e. The molecule has 2 rings (SSSR count). The molecule has 0 aliphatic rings. The predicted octanol–water partition coefficient (Wildman–Crippen LogP) is 4.39. The molecule has 0 saturated heterocycles. The summed E-state index contributed by atoms with van der Waals surface area (Å²) < 4.78 is 1.74. The Morgan fingerprint density at radius 3 is 2.38 bits per heavy atom. The van der Waals surface area contributed by atoms with E-state index in [2.05, 4.69) is 42.5 Å². The van der Waals surface area contributed by atoms with Gasteiger partial charge in [-0.25, -0.2) is 4.79 Å². The number of carbonyl (C=O) groups is 1.